The predicted molar refractivity (Wildman–Crippen MR) is 85.6 cm³/mol. The van der Waals surface area contributed by atoms with Crippen molar-refractivity contribution in [3.8, 4) is 0 Å². The summed E-state index contributed by atoms with van der Waals surface area (Å²) >= 11 is 3.08. The second kappa shape index (κ2) is 6.58. The Morgan fingerprint density at radius 3 is 2.71 bits per heavy atom. The molecule has 21 heavy (non-hydrogen) atoms. The molecule has 1 amide bonds. The molecular weight excluding hydrogens is 357 g/mol. The van der Waals surface area contributed by atoms with Gasteiger partial charge in [-0.1, -0.05) is 19.6 Å². The number of anilines is 1. The van der Waals surface area contributed by atoms with Crippen molar-refractivity contribution in [2.45, 2.75) is 45.3 Å². The molecule has 2 rings (SSSR count). The van der Waals surface area contributed by atoms with Crippen LogP contribution in [0.5, 0.6) is 0 Å². The lowest BCUT2D eigenvalue weighted by atomic mass is 10.4. The van der Waals surface area contributed by atoms with Crippen LogP contribution in [0.3, 0.4) is 0 Å². The van der Waals surface area contributed by atoms with Crippen molar-refractivity contribution >= 4 is 35.7 Å². The van der Waals surface area contributed by atoms with Gasteiger partial charge in [0, 0.05) is 27.6 Å². The van der Waals surface area contributed by atoms with E-state index in [4.69, 9.17) is 4.74 Å². The standard InChI is InChI=1S/C13H21BrFN3O2Si/c1-21(2,3)8-7-20-9-18-13(11(15)12(14)16-18)17-6-4-5-10(17)19/h4-9H2,1-3H3. The van der Waals surface area contributed by atoms with Crippen LogP contribution in [0.1, 0.15) is 12.8 Å². The fourth-order valence-corrected chi connectivity index (χ4v) is 3.28. The number of aromatic nitrogens is 2. The van der Waals surface area contributed by atoms with Gasteiger partial charge in [0.15, 0.2) is 16.2 Å². The molecule has 5 nitrogen and oxygen atoms in total. The summed E-state index contributed by atoms with van der Waals surface area (Å²) in [5.74, 6) is -0.360. The molecule has 0 bridgehead atoms. The normalized spacial score (nSPS) is 16.0. The molecule has 0 N–H and O–H groups in total. The summed E-state index contributed by atoms with van der Waals surface area (Å²) in [4.78, 5) is 13.3. The van der Waals surface area contributed by atoms with Crippen molar-refractivity contribution in [2.75, 3.05) is 18.1 Å². The van der Waals surface area contributed by atoms with E-state index in [1.165, 1.54) is 9.58 Å². The molecule has 1 aromatic rings. The number of nitrogens with zero attached hydrogens (tertiary/aromatic N) is 3. The van der Waals surface area contributed by atoms with Crippen molar-refractivity contribution in [2.24, 2.45) is 0 Å². The van der Waals surface area contributed by atoms with E-state index in [9.17, 15) is 9.18 Å². The summed E-state index contributed by atoms with van der Waals surface area (Å²) < 4.78 is 21.3. The van der Waals surface area contributed by atoms with Crippen molar-refractivity contribution in [3.63, 3.8) is 0 Å². The summed E-state index contributed by atoms with van der Waals surface area (Å²) in [6.45, 7) is 8.13. The average molecular weight is 378 g/mol. The van der Waals surface area contributed by atoms with Crippen molar-refractivity contribution in [3.05, 3.63) is 10.4 Å². The molecule has 1 saturated heterocycles. The highest BCUT2D eigenvalue weighted by Crippen LogP contribution is 2.29. The number of amides is 1. The largest absolute Gasteiger partial charge is 0.359 e. The number of halogens is 2. The maximum Gasteiger partial charge on any atom is 0.228 e. The van der Waals surface area contributed by atoms with Crippen molar-refractivity contribution < 1.29 is 13.9 Å². The Bertz CT molecular complexity index is 530. The minimum atomic E-state index is -1.15. The fraction of sp³-hybridized carbons (Fsp3) is 0.692. The Labute approximate surface area is 133 Å². The predicted octanol–water partition coefficient (Wildman–Crippen LogP) is 3.22. The van der Waals surface area contributed by atoms with Gasteiger partial charge >= 0.3 is 0 Å². The van der Waals surface area contributed by atoms with Crippen LogP contribution in [0, 0.1) is 5.82 Å². The molecule has 2 heterocycles. The van der Waals surface area contributed by atoms with Gasteiger partial charge in [0.05, 0.1) is 0 Å². The number of carbonyl (C=O) groups is 1. The number of carbonyl (C=O) groups excluding carboxylic acids is 1. The van der Waals surface area contributed by atoms with Crippen LogP contribution in [0.2, 0.25) is 25.7 Å². The highest BCUT2D eigenvalue weighted by atomic mass is 79.9. The van der Waals surface area contributed by atoms with Crippen LogP contribution in [0.15, 0.2) is 4.60 Å². The van der Waals surface area contributed by atoms with Gasteiger partial charge in [-0.2, -0.15) is 9.49 Å². The molecule has 0 radical (unpaired) electrons. The molecule has 0 spiro atoms. The van der Waals surface area contributed by atoms with E-state index in [-0.39, 0.29) is 23.1 Å². The topological polar surface area (TPSA) is 47.4 Å². The van der Waals surface area contributed by atoms with Crippen LogP contribution in [-0.4, -0.2) is 36.9 Å². The van der Waals surface area contributed by atoms with E-state index in [0.717, 1.165) is 12.5 Å². The Balaban J connectivity index is 2.06. The lowest BCUT2D eigenvalue weighted by Crippen LogP contribution is -2.28. The van der Waals surface area contributed by atoms with E-state index in [2.05, 4.69) is 40.7 Å². The Hall–Kier alpha value is -0.733. The van der Waals surface area contributed by atoms with Crippen LogP contribution < -0.4 is 4.90 Å². The first-order chi connectivity index (χ1) is 9.79. The number of hydrogen-bond donors (Lipinski definition) is 0. The zero-order chi connectivity index (χ0) is 15.6. The van der Waals surface area contributed by atoms with Gasteiger partial charge in [0.25, 0.3) is 0 Å². The van der Waals surface area contributed by atoms with Gasteiger partial charge < -0.3 is 4.74 Å². The van der Waals surface area contributed by atoms with Gasteiger partial charge in [0.2, 0.25) is 5.91 Å². The summed E-state index contributed by atoms with van der Waals surface area (Å²) in [5, 5.41) is 4.07. The zero-order valence-corrected chi connectivity index (χ0v) is 15.2. The molecule has 0 saturated carbocycles. The van der Waals surface area contributed by atoms with Gasteiger partial charge in [0.1, 0.15) is 6.73 Å². The summed E-state index contributed by atoms with van der Waals surface area (Å²) in [5.41, 5.74) is 0. The van der Waals surface area contributed by atoms with Crippen LogP contribution >= 0.6 is 15.9 Å². The maximum absolute atomic E-state index is 14.2. The van der Waals surface area contributed by atoms with Gasteiger partial charge in [-0.25, -0.2) is 4.68 Å². The maximum atomic E-state index is 14.2. The van der Waals surface area contributed by atoms with Crippen molar-refractivity contribution in [1.29, 1.82) is 0 Å². The number of hydrogen-bond acceptors (Lipinski definition) is 3. The summed E-state index contributed by atoms with van der Waals surface area (Å²) in [7, 11) is -1.15. The third-order valence-corrected chi connectivity index (χ3v) is 5.58. The fourth-order valence-electron chi connectivity index (χ4n) is 2.15. The van der Waals surface area contributed by atoms with Crippen LogP contribution in [-0.2, 0) is 16.3 Å². The highest BCUT2D eigenvalue weighted by molar-refractivity contribution is 9.10. The minimum absolute atomic E-state index is 0.0651. The first kappa shape index (κ1) is 16.6. The summed E-state index contributed by atoms with van der Waals surface area (Å²) in [6.07, 6.45) is 1.20. The molecule has 0 unspecified atom stereocenters. The molecular formula is C13H21BrFN3O2Si. The lowest BCUT2D eigenvalue weighted by Gasteiger charge is -2.18. The third kappa shape index (κ3) is 4.14. The molecule has 0 atom stereocenters. The van der Waals surface area contributed by atoms with E-state index in [1.54, 1.807) is 0 Å². The first-order valence-corrected chi connectivity index (χ1v) is 11.6. The smallest absolute Gasteiger partial charge is 0.228 e. The molecule has 1 aromatic heterocycles. The summed E-state index contributed by atoms with van der Waals surface area (Å²) in [6, 6.07) is 1.04. The monoisotopic (exact) mass is 377 g/mol. The zero-order valence-electron chi connectivity index (χ0n) is 12.7. The molecule has 0 aliphatic carbocycles. The molecule has 0 aromatic carbocycles. The van der Waals surface area contributed by atoms with Crippen LogP contribution in [0.25, 0.3) is 0 Å². The first-order valence-electron chi connectivity index (χ1n) is 7.09. The number of ether oxygens (including phenoxy) is 1. The molecule has 118 valence electrons. The third-order valence-electron chi connectivity index (χ3n) is 3.37. The van der Waals surface area contributed by atoms with Gasteiger partial charge in [-0.15, -0.1) is 0 Å². The molecule has 1 fully saturated rings. The Morgan fingerprint density at radius 2 is 2.14 bits per heavy atom. The molecule has 8 heteroatoms. The van der Waals surface area contributed by atoms with E-state index in [1.807, 2.05) is 0 Å². The second-order valence-corrected chi connectivity index (χ2v) is 12.8. The lowest BCUT2D eigenvalue weighted by molar-refractivity contribution is -0.117. The second-order valence-electron chi connectivity index (χ2n) is 6.42. The van der Waals surface area contributed by atoms with Gasteiger partial charge in [-0.05, 0) is 28.4 Å². The average Bonchev–Trinajstić information content (AvgIpc) is 2.90. The molecule has 1 aliphatic heterocycles. The number of rotatable bonds is 6. The molecule has 1 aliphatic rings. The quantitative estimate of drug-likeness (QED) is 0.564. The SMILES string of the molecule is C[Si](C)(C)CCOCn1nc(Br)c(F)c1N1CCCC1=O. The highest BCUT2D eigenvalue weighted by Gasteiger charge is 2.30. The minimum Gasteiger partial charge on any atom is -0.359 e. The Morgan fingerprint density at radius 1 is 1.43 bits per heavy atom. The van der Waals surface area contributed by atoms with Crippen LogP contribution in [0.4, 0.5) is 10.2 Å². The van der Waals surface area contributed by atoms with E-state index in [0.29, 0.717) is 19.6 Å². The Kier molecular flexibility index (Phi) is 5.21. The van der Waals surface area contributed by atoms with E-state index >= 15 is 0 Å². The van der Waals surface area contributed by atoms with Crippen molar-refractivity contribution in [1.82, 2.24) is 9.78 Å². The van der Waals surface area contributed by atoms with E-state index < -0.39 is 13.9 Å². The van der Waals surface area contributed by atoms with Gasteiger partial charge in [-0.3, -0.25) is 9.69 Å².